The Morgan fingerprint density at radius 1 is 1.25 bits per heavy atom. The summed E-state index contributed by atoms with van der Waals surface area (Å²) in [4.78, 5) is 2.18. The molecule has 0 spiro atoms. The van der Waals surface area contributed by atoms with Crippen molar-refractivity contribution in [2.24, 2.45) is 0 Å². The molecule has 1 aromatic carbocycles. The molecule has 3 heteroatoms. The van der Waals surface area contributed by atoms with Crippen molar-refractivity contribution >= 4 is 10.9 Å². The van der Waals surface area contributed by atoms with Crippen molar-refractivity contribution in [3.63, 3.8) is 0 Å². The van der Waals surface area contributed by atoms with E-state index in [9.17, 15) is 0 Å². The van der Waals surface area contributed by atoms with E-state index in [4.69, 9.17) is 0 Å². The predicted octanol–water partition coefficient (Wildman–Crippen LogP) is 2.21. The molecule has 0 radical (unpaired) electrons. The fraction of sp³-hybridized carbons (Fsp3) is 0.462. The van der Waals surface area contributed by atoms with E-state index in [1.165, 1.54) is 16.5 Å². The van der Waals surface area contributed by atoms with E-state index >= 15 is 0 Å². The standard InChI is InChI=1S/C13H19N3/c1-10-5-6-12-11(2)14-16(13(12)9-10)8-7-15(3)4/h5-6,9H,7-8H2,1-4H3. The Bertz CT molecular complexity index is 497. The van der Waals surface area contributed by atoms with E-state index in [-0.39, 0.29) is 0 Å². The zero-order chi connectivity index (χ0) is 11.7. The van der Waals surface area contributed by atoms with Crippen LogP contribution in [0.1, 0.15) is 11.3 Å². The summed E-state index contributed by atoms with van der Waals surface area (Å²) in [6.45, 7) is 6.16. The van der Waals surface area contributed by atoms with Gasteiger partial charge in [-0.1, -0.05) is 12.1 Å². The quantitative estimate of drug-likeness (QED) is 0.786. The summed E-state index contributed by atoms with van der Waals surface area (Å²) in [7, 11) is 4.17. The molecule has 1 aromatic heterocycles. The molecular formula is C13H19N3. The first-order valence-electron chi connectivity index (χ1n) is 5.66. The lowest BCUT2D eigenvalue weighted by atomic mass is 10.1. The van der Waals surface area contributed by atoms with Crippen LogP contribution in [0.5, 0.6) is 0 Å². The minimum Gasteiger partial charge on any atom is -0.308 e. The largest absolute Gasteiger partial charge is 0.308 e. The second-order valence-corrected chi connectivity index (χ2v) is 4.63. The maximum absolute atomic E-state index is 4.59. The number of likely N-dealkylation sites (N-methyl/N-ethyl adjacent to an activating group) is 1. The zero-order valence-corrected chi connectivity index (χ0v) is 10.5. The summed E-state index contributed by atoms with van der Waals surface area (Å²) in [5.41, 5.74) is 3.66. The summed E-state index contributed by atoms with van der Waals surface area (Å²) in [6, 6.07) is 6.53. The maximum Gasteiger partial charge on any atom is 0.0688 e. The third-order valence-electron chi connectivity index (χ3n) is 2.85. The number of benzene rings is 1. The molecule has 0 amide bonds. The van der Waals surface area contributed by atoms with Gasteiger partial charge in [-0.3, -0.25) is 4.68 Å². The molecule has 0 aliphatic rings. The molecule has 2 aromatic rings. The van der Waals surface area contributed by atoms with Gasteiger partial charge >= 0.3 is 0 Å². The van der Waals surface area contributed by atoms with Crippen molar-refractivity contribution in [1.29, 1.82) is 0 Å². The summed E-state index contributed by atoms with van der Waals surface area (Å²) < 4.78 is 2.11. The SMILES string of the molecule is Cc1ccc2c(C)nn(CCN(C)C)c2c1. The highest BCUT2D eigenvalue weighted by Gasteiger charge is 2.06. The monoisotopic (exact) mass is 217 g/mol. The number of aromatic nitrogens is 2. The van der Waals surface area contributed by atoms with Crippen LogP contribution in [0.25, 0.3) is 10.9 Å². The van der Waals surface area contributed by atoms with Gasteiger partial charge in [0.15, 0.2) is 0 Å². The fourth-order valence-corrected chi connectivity index (χ4v) is 1.92. The number of fused-ring (bicyclic) bond motifs is 1. The average molecular weight is 217 g/mol. The van der Waals surface area contributed by atoms with Crippen molar-refractivity contribution in [1.82, 2.24) is 14.7 Å². The lowest BCUT2D eigenvalue weighted by Crippen LogP contribution is -2.19. The van der Waals surface area contributed by atoms with E-state index < -0.39 is 0 Å². The van der Waals surface area contributed by atoms with Crippen LogP contribution in [-0.4, -0.2) is 35.3 Å². The van der Waals surface area contributed by atoms with Crippen molar-refractivity contribution < 1.29 is 0 Å². The lowest BCUT2D eigenvalue weighted by molar-refractivity contribution is 0.376. The van der Waals surface area contributed by atoms with Crippen LogP contribution >= 0.6 is 0 Å². The average Bonchev–Trinajstić information content (AvgIpc) is 2.52. The van der Waals surface area contributed by atoms with Crippen LogP contribution < -0.4 is 0 Å². The molecule has 0 saturated carbocycles. The molecule has 2 rings (SSSR count). The van der Waals surface area contributed by atoms with Gasteiger partial charge in [-0.25, -0.2) is 0 Å². The molecule has 16 heavy (non-hydrogen) atoms. The van der Waals surface area contributed by atoms with E-state index in [0.29, 0.717) is 0 Å². The van der Waals surface area contributed by atoms with Gasteiger partial charge < -0.3 is 4.90 Å². The highest BCUT2D eigenvalue weighted by Crippen LogP contribution is 2.19. The molecule has 0 bridgehead atoms. The second kappa shape index (κ2) is 4.26. The van der Waals surface area contributed by atoms with E-state index in [2.05, 4.69) is 60.8 Å². The van der Waals surface area contributed by atoms with Crippen LogP contribution in [0.3, 0.4) is 0 Å². The van der Waals surface area contributed by atoms with Crippen LogP contribution in [0, 0.1) is 13.8 Å². The van der Waals surface area contributed by atoms with E-state index in [0.717, 1.165) is 18.8 Å². The Morgan fingerprint density at radius 2 is 2.00 bits per heavy atom. The summed E-state index contributed by atoms with van der Waals surface area (Å²) >= 11 is 0. The maximum atomic E-state index is 4.59. The van der Waals surface area contributed by atoms with E-state index in [1.807, 2.05) is 0 Å². The molecule has 0 aliphatic carbocycles. The Hall–Kier alpha value is -1.35. The molecular weight excluding hydrogens is 198 g/mol. The van der Waals surface area contributed by atoms with Crippen molar-refractivity contribution in [3.8, 4) is 0 Å². The number of hydrogen-bond acceptors (Lipinski definition) is 2. The number of nitrogens with zero attached hydrogens (tertiary/aromatic N) is 3. The second-order valence-electron chi connectivity index (χ2n) is 4.63. The van der Waals surface area contributed by atoms with Gasteiger partial charge in [0, 0.05) is 11.9 Å². The minimum absolute atomic E-state index is 0.945. The van der Waals surface area contributed by atoms with Crippen LogP contribution in [0.15, 0.2) is 18.2 Å². The molecule has 3 nitrogen and oxygen atoms in total. The molecule has 0 aliphatic heterocycles. The van der Waals surface area contributed by atoms with Gasteiger partial charge in [-0.05, 0) is 39.6 Å². The van der Waals surface area contributed by atoms with Crippen LogP contribution in [-0.2, 0) is 6.54 Å². The first-order chi connectivity index (χ1) is 7.58. The summed E-state index contributed by atoms with van der Waals surface area (Å²) in [5, 5.41) is 5.86. The Kier molecular flexibility index (Phi) is 2.97. The van der Waals surface area contributed by atoms with Gasteiger partial charge in [-0.15, -0.1) is 0 Å². The van der Waals surface area contributed by atoms with Crippen molar-refractivity contribution in [2.45, 2.75) is 20.4 Å². The minimum atomic E-state index is 0.945. The molecule has 86 valence electrons. The highest BCUT2D eigenvalue weighted by molar-refractivity contribution is 5.82. The fourth-order valence-electron chi connectivity index (χ4n) is 1.92. The first kappa shape index (κ1) is 11.1. The van der Waals surface area contributed by atoms with Gasteiger partial charge in [-0.2, -0.15) is 5.10 Å². The molecule has 0 atom stereocenters. The Labute approximate surface area is 96.7 Å². The lowest BCUT2D eigenvalue weighted by Gasteiger charge is -2.10. The van der Waals surface area contributed by atoms with Crippen LogP contribution in [0.4, 0.5) is 0 Å². The number of hydrogen-bond donors (Lipinski definition) is 0. The zero-order valence-electron chi connectivity index (χ0n) is 10.5. The smallest absolute Gasteiger partial charge is 0.0688 e. The summed E-state index contributed by atoms with van der Waals surface area (Å²) in [5.74, 6) is 0. The van der Waals surface area contributed by atoms with Gasteiger partial charge in [0.1, 0.15) is 0 Å². The highest BCUT2D eigenvalue weighted by atomic mass is 15.3. The molecule has 0 unspecified atom stereocenters. The van der Waals surface area contributed by atoms with E-state index in [1.54, 1.807) is 0 Å². The van der Waals surface area contributed by atoms with Gasteiger partial charge in [0.2, 0.25) is 0 Å². The topological polar surface area (TPSA) is 21.1 Å². The molecule has 1 heterocycles. The van der Waals surface area contributed by atoms with Gasteiger partial charge in [0.05, 0.1) is 17.8 Å². The number of rotatable bonds is 3. The Morgan fingerprint density at radius 3 is 2.69 bits per heavy atom. The van der Waals surface area contributed by atoms with Crippen molar-refractivity contribution in [3.05, 3.63) is 29.5 Å². The third kappa shape index (κ3) is 2.09. The Balaban J connectivity index is 2.41. The van der Waals surface area contributed by atoms with Crippen molar-refractivity contribution in [2.75, 3.05) is 20.6 Å². The first-order valence-corrected chi connectivity index (χ1v) is 5.66. The third-order valence-corrected chi connectivity index (χ3v) is 2.85. The van der Waals surface area contributed by atoms with Crippen LogP contribution in [0.2, 0.25) is 0 Å². The molecule has 0 saturated heterocycles. The van der Waals surface area contributed by atoms with Gasteiger partial charge in [0.25, 0.3) is 0 Å². The molecule has 0 fully saturated rings. The predicted molar refractivity (Wildman–Crippen MR) is 67.8 cm³/mol. The number of aryl methyl sites for hydroxylation is 2. The molecule has 0 N–H and O–H groups in total. The normalized spacial score (nSPS) is 11.6. The summed E-state index contributed by atoms with van der Waals surface area (Å²) in [6.07, 6.45) is 0.